The van der Waals surface area contributed by atoms with Crippen molar-refractivity contribution < 1.29 is 9.32 Å². The Morgan fingerprint density at radius 3 is 2.68 bits per heavy atom. The van der Waals surface area contributed by atoms with E-state index < -0.39 is 0 Å². The second kappa shape index (κ2) is 7.70. The van der Waals surface area contributed by atoms with Gasteiger partial charge in [0.25, 0.3) is 5.91 Å². The van der Waals surface area contributed by atoms with E-state index in [-0.39, 0.29) is 5.91 Å². The standard InChI is InChI=1S/C19H20N4O2/c1-3-18-22-17(23-25-18)9-11-21-19(24)15-6-4-14(5-7-15)16-8-10-20-12-13(16)2/h4-8,10,12H,3,9,11H2,1-2H3,(H,21,24). The first-order chi connectivity index (χ1) is 12.2. The third-order valence-corrected chi connectivity index (χ3v) is 3.93. The van der Waals surface area contributed by atoms with Gasteiger partial charge in [-0.1, -0.05) is 24.2 Å². The van der Waals surface area contributed by atoms with Crippen LogP contribution in [0.25, 0.3) is 11.1 Å². The lowest BCUT2D eigenvalue weighted by molar-refractivity contribution is 0.0954. The number of benzene rings is 1. The maximum Gasteiger partial charge on any atom is 0.251 e. The number of carbonyl (C=O) groups excluding carboxylic acids is 1. The van der Waals surface area contributed by atoms with Crippen LogP contribution in [0.2, 0.25) is 0 Å². The van der Waals surface area contributed by atoms with Gasteiger partial charge in [-0.05, 0) is 41.8 Å². The molecule has 1 amide bonds. The zero-order valence-electron chi connectivity index (χ0n) is 14.3. The third kappa shape index (κ3) is 4.09. The molecule has 6 nitrogen and oxygen atoms in total. The van der Waals surface area contributed by atoms with Gasteiger partial charge in [0.1, 0.15) is 0 Å². The van der Waals surface area contributed by atoms with Crippen molar-refractivity contribution >= 4 is 5.91 Å². The summed E-state index contributed by atoms with van der Waals surface area (Å²) < 4.78 is 5.04. The highest BCUT2D eigenvalue weighted by Gasteiger charge is 2.08. The van der Waals surface area contributed by atoms with E-state index in [1.807, 2.05) is 50.4 Å². The Morgan fingerprint density at radius 2 is 2.00 bits per heavy atom. The summed E-state index contributed by atoms with van der Waals surface area (Å²) >= 11 is 0. The van der Waals surface area contributed by atoms with Gasteiger partial charge >= 0.3 is 0 Å². The highest BCUT2D eigenvalue weighted by molar-refractivity contribution is 5.94. The van der Waals surface area contributed by atoms with Gasteiger partial charge in [0.2, 0.25) is 5.89 Å². The summed E-state index contributed by atoms with van der Waals surface area (Å²) in [4.78, 5) is 20.5. The van der Waals surface area contributed by atoms with E-state index in [0.717, 1.165) is 16.7 Å². The predicted molar refractivity (Wildman–Crippen MR) is 94.1 cm³/mol. The average Bonchev–Trinajstić information content (AvgIpc) is 3.10. The second-order valence-corrected chi connectivity index (χ2v) is 5.73. The van der Waals surface area contributed by atoms with Crippen LogP contribution in [0.1, 0.15) is 34.6 Å². The zero-order chi connectivity index (χ0) is 17.6. The molecular weight excluding hydrogens is 316 g/mol. The molecule has 0 aliphatic rings. The maximum atomic E-state index is 12.2. The first kappa shape index (κ1) is 16.8. The molecule has 0 bridgehead atoms. The number of pyridine rings is 1. The number of hydrogen-bond acceptors (Lipinski definition) is 5. The van der Waals surface area contributed by atoms with Gasteiger partial charge < -0.3 is 9.84 Å². The molecule has 1 N–H and O–H groups in total. The molecule has 0 spiro atoms. The summed E-state index contributed by atoms with van der Waals surface area (Å²) in [6.45, 7) is 4.44. The minimum absolute atomic E-state index is 0.114. The molecule has 0 saturated carbocycles. The summed E-state index contributed by atoms with van der Waals surface area (Å²) in [7, 11) is 0. The molecule has 1 aromatic carbocycles. The van der Waals surface area contributed by atoms with Crippen LogP contribution >= 0.6 is 0 Å². The van der Waals surface area contributed by atoms with E-state index in [2.05, 4.69) is 20.4 Å². The van der Waals surface area contributed by atoms with Crippen molar-refractivity contribution in [2.45, 2.75) is 26.7 Å². The molecule has 0 aliphatic carbocycles. The predicted octanol–water partition coefficient (Wildman–Crippen LogP) is 2.97. The summed E-state index contributed by atoms with van der Waals surface area (Å²) in [5, 5.41) is 6.74. The fraction of sp³-hybridized carbons (Fsp3) is 0.263. The van der Waals surface area contributed by atoms with E-state index >= 15 is 0 Å². The molecule has 0 radical (unpaired) electrons. The van der Waals surface area contributed by atoms with Gasteiger partial charge in [-0.25, -0.2) is 0 Å². The Kier molecular flexibility index (Phi) is 5.18. The monoisotopic (exact) mass is 336 g/mol. The molecule has 6 heteroatoms. The first-order valence-corrected chi connectivity index (χ1v) is 8.28. The van der Waals surface area contributed by atoms with Crippen LogP contribution in [0, 0.1) is 6.92 Å². The Hall–Kier alpha value is -3.02. The topological polar surface area (TPSA) is 80.9 Å². The molecule has 3 rings (SSSR count). The van der Waals surface area contributed by atoms with Crippen LogP contribution < -0.4 is 5.32 Å². The largest absolute Gasteiger partial charge is 0.352 e. The van der Waals surface area contributed by atoms with Crippen molar-refractivity contribution in [1.82, 2.24) is 20.4 Å². The number of aryl methyl sites for hydroxylation is 2. The van der Waals surface area contributed by atoms with Crippen LogP contribution in [-0.4, -0.2) is 27.6 Å². The molecule has 0 saturated heterocycles. The van der Waals surface area contributed by atoms with Crippen LogP contribution in [0.15, 0.2) is 47.2 Å². The Labute approximate surface area is 146 Å². The Bertz CT molecular complexity index is 856. The molecule has 0 unspecified atom stereocenters. The van der Waals surface area contributed by atoms with Crippen LogP contribution in [0.5, 0.6) is 0 Å². The minimum atomic E-state index is -0.114. The molecule has 0 aliphatic heterocycles. The van der Waals surface area contributed by atoms with E-state index in [0.29, 0.717) is 36.7 Å². The normalized spacial score (nSPS) is 10.6. The number of carbonyl (C=O) groups is 1. The number of nitrogens with one attached hydrogen (secondary N) is 1. The molecule has 2 heterocycles. The third-order valence-electron chi connectivity index (χ3n) is 3.93. The zero-order valence-corrected chi connectivity index (χ0v) is 14.3. The molecule has 128 valence electrons. The fourth-order valence-corrected chi connectivity index (χ4v) is 2.52. The number of aromatic nitrogens is 3. The summed E-state index contributed by atoms with van der Waals surface area (Å²) in [5.41, 5.74) is 3.91. The van der Waals surface area contributed by atoms with Crippen molar-refractivity contribution in [3.63, 3.8) is 0 Å². The lowest BCUT2D eigenvalue weighted by atomic mass is 10.0. The molecular formula is C19H20N4O2. The van der Waals surface area contributed by atoms with Crippen LogP contribution in [-0.2, 0) is 12.8 Å². The summed E-state index contributed by atoms with van der Waals surface area (Å²) in [6.07, 6.45) is 4.86. The number of nitrogens with zero attached hydrogens (tertiary/aromatic N) is 3. The lowest BCUT2D eigenvalue weighted by Gasteiger charge is -2.07. The van der Waals surface area contributed by atoms with Gasteiger partial charge in [-0.3, -0.25) is 9.78 Å². The molecule has 2 aromatic heterocycles. The van der Waals surface area contributed by atoms with Crippen molar-refractivity contribution in [2.24, 2.45) is 0 Å². The smallest absolute Gasteiger partial charge is 0.251 e. The highest BCUT2D eigenvalue weighted by atomic mass is 16.5. The number of rotatable bonds is 6. The Morgan fingerprint density at radius 1 is 1.20 bits per heavy atom. The minimum Gasteiger partial charge on any atom is -0.352 e. The van der Waals surface area contributed by atoms with E-state index in [9.17, 15) is 4.79 Å². The summed E-state index contributed by atoms with van der Waals surface area (Å²) in [5.74, 6) is 1.11. The maximum absolute atomic E-state index is 12.2. The Balaban J connectivity index is 1.58. The van der Waals surface area contributed by atoms with Crippen LogP contribution in [0.4, 0.5) is 0 Å². The van der Waals surface area contributed by atoms with E-state index in [1.54, 1.807) is 6.20 Å². The van der Waals surface area contributed by atoms with E-state index in [4.69, 9.17) is 4.52 Å². The summed E-state index contributed by atoms with van der Waals surface area (Å²) in [6, 6.07) is 9.52. The van der Waals surface area contributed by atoms with Crippen molar-refractivity contribution in [3.05, 3.63) is 65.6 Å². The fourth-order valence-electron chi connectivity index (χ4n) is 2.52. The van der Waals surface area contributed by atoms with Gasteiger partial charge in [-0.15, -0.1) is 0 Å². The number of hydrogen-bond donors (Lipinski definition) is 1. The van der Waals surface area contributed by atoms with Crippen LogP contribution in [0.3, 0.4) is 0 Å². The van der Waals surface area contributed by atoms with Gasteiger partial charge in [0.05, 0.1) is 0 Å². The van der Waals surface area contributed by atoms with E-state index in [1.165, 1.54) is 0 Å². The highest BCUT2D eigenvalue weighted by Crippen LogP contribution is 2.22. The molecule has 0 atom stereocenters. The quantitative estimate of drug-likeness (QED) is 0.748. The second-order valence-electron chi connectivity index (χ2n) is 5.73. The van der Waals surface area contributed by atoms with Crippen molar-refractivity contribution in [2.75, 3.05) is 6.54 Å². The average molecular weight is 336 g/mol. The lowest BCUT2D eigenvalue weighted by Crippen LogP contribution is -2.25. The van der Waals surface area contributed by atoms with Gasteiger partial charge in [0, 0.05) is 37.3 Å². The van der Waals surface area contributed by atoms with Crippen molar-refractivity contribution in [3.8, 4) is 11.1 Å². The molecule has 25 heavy (non-hydrogen) atoms. The number of amides is 1. The van der Waals surface area contributed by atoms with Gasteiger partial charge in [0.15, 0.2) is 5.82 Å². The molecule has 0 fully saturated rings. The first-order valence-electron chi connectivity index (χ1n) is 8.28. The van der Waals surface area contributed by atoms with Crippen molar-refractivity contribution in [1.29, 1.82) is 0 Å². The van der Waals surface area contributed by atoms with Gasteiger partial charge in [-0.2, -0.15) is 4.98 Å². The SMILES string of the molecule is CCc1nc(CCNC(=O)c2ccc(-c3ccncc3C)cc2)no1. The molecule has 3 aromatic rings.